The average molecular weight is 277 g/mol. The minimum atomic E-state index is 0.580. The summed E-state index contributed by atoms with van der Waals surface area (Å²) in [5.41, 5.74) is 1.35. The molecule has 0 aromatic heterocycles. The molecule has 20 heavy (non-hydrogen) atoms. The molecule has 0 fully saturated rings. The minimum Gasteiger partial charge on any atom is -0.493 e. The van der Waals surface area contributed by atoms with Gasteiger partial charge in [0.15, 0.2) is 0 Å². The van der Waals surface area contributed by atoms with Crippen LogP contribution in [0.3, 0.4) is 0 Å². The van der Waals surface area contributed by atoms with Crippen molar-refractivity contribution in [3.8, 4) is 5.75 Å². The molecular formula is C17H27NO2. The standard InChI is InChI=1S/C17H27NO2/c1-14(2)13-19-10-5-9-18-12-15-8-11-20-17-7-4-3-6-16(15)17/h3-4,6-7,14-15,18H,5,8-13H2,1-2H3. The SMILES string of the molecule is CC(C)COCCCNCC1CCOc2ccccc21. The van der Waals surface area contributed by atoms with Crippen LogP contribution in [-0.4, -0.2) is 32.9 Å². The fraction of sp³-hybridized carbons (Fsp3) is 0.647. The molecule has 1 heterocycles. The van der Waals surface area contributed by atoms with Crippen molar-refractivity contribution in [3.05, 3.63) is 29.8 Å². The summed E-state index contributed by atoms with van der Waals surface area (Å²) in [4.78, 5) is 0. The zero-order chi connectivity index (χ0) is 14.2. The van der Waals surface area contributed by atoms with Crippen LogP contribution in [0.1, 0.15) is 38.2 Å². The van der Waals surface area contributed by atoms with E-state index in [4.69, 9.17) is 9.47 Å². The smallest absolute Gasteiger partial charge is 0.122 e. The van der Waals surface area contributed by atoms with E-state index in [-0.39, 0.29) is 0 Å². The fourth-order valence-electron chi connectivity index (χ4n) is 2.52. The van der Waals surface area contributed by atoms with Gasteiger partial charge < -0.3 is 14.8 Å². The van der Waals surface area contributed by atoms with Crippen molar-refractivity contribution in [1.29, 1.82) is 0 Å². The molecular weight excluding hydrogens is 250 g/mol. The van der Waals surface area contributed by atoms with Crippen molar-refractivity contribution in [3.63, 3.8) is 0 Å². The predicted octanol–water partition coefficient (Wildman–Crippen LogP) is 3.21. The first kappa shape index (κ1) is 15.3. The van der Waals surface area contributed by atoms with Crippen LogP contribution in [0.25, 0.3) is 0 Å². The van der Waals surface area contributed by atoms with E-state index in [2.05, 4.69) is 37.4 Å². The zero-order valence-electron chi connectivity index (χ0n) is 12.7. The molecule has 0 aliphatic carbocycles. The largest absolute Gasteiger partial charge is 0.493 e. The molecule has 3 heteroatoms. The van der Waals surface area contributed by atoms with Gasteiger partial charge in [-0.25, -0.2) is 0 Å². The highest BCUT2D eigenvalue weighted by Gasteiger charge is 2.20. The number of benzene rings is 1. The molecule has 0 radical (unpaired) electrons. The number of para-hydroxylation sites is 1. The summed E-state index contributed by atoms with van der Waals surface area (Å²) in [5, 5.41) is 3.55. The Hall–Kier alpha value is -1.06. The van der Waals surface area contributed by atoms with Crippen LogP contribution in [0.15, 0.2) is 24.3 Å². The second-order valence-electron chi connectivity index (χ2n) is 5.90. The van der Waals surface area contributed by atoms with E-state index in [1.807, 2.05) is 6.07 Å². The minimum absolute atomic E-state index is 0.580. The van der Waals surface area contributed by atoms with Gasteiger partial charge in [0, 0.05) is 25.7 Å². The van der Waals surface area contributed by atoms with Gasteiger partial charge in [0.2, 0.25) is 0 Å². The molecule has 1 N–H and O–H groups in total. The highest BCUT2D eigenvalue weighted by molar-refractivity contribution is 5.37. The molecule has 0 saturated heterocycles. The third kappa shape index (κ3) is 4.80. The first-order valence-electron chi connectivity index (χ1n) is 7.77. The second kappa shape index (κ2) is 8.28. The van der Waals surface area contributed by atoms with Gasteiger partial charge in [-0.2, -0.15) is 0 Å². The van der Waals surface area contributed by atoms with Gasteiger partial charge in [0.25, 0.3) is 0 Å². The monoisotopic (exact) mass is 277 g/mol. The number of fused-ring (bicyclic) bond motifs is 1. The lowest BCUT2D eigenvalue weighted by Gasteiger charge is -2.26. The van der Waals surface area contributed by atoms with E-state index in [0.29, 0.717) is 11.8 Å². The van der Waals surface area contributed by atoms with Gasteiger partial charge in [0.1, 0.15) is 5.75 Å². The Bertz CT molecular complexity index is 392. The summed E-state index contributed by atoms with van der Waals surface area (Å²) in [6.45, 7) is 8.98. The van der Waals surface area contributed by atoms with Gasteiger partial charge >= 0.3 is 0 Å². The Balaban J connectivity index is 1.63. The number of rotatable bonds is 8. The molecule has 0 bridgehead atoms. The maximum Gasteiger partial charge on any atom is 0.122 e. The molecule has 0 spiro atoms. The maximum absolute atomic E-state index is 5.69. The second-order valence-corrected chi connectivity index (χ2v) is 5.90. The van der Waals surface area contributed by atoms with Crippen molar-refractivity contribution in [1.82, 2.24) is 5.32 Å². The first-order valence-corrected chi connectivity index (χ1v) is 7.77. The summed E-state index contributed by atoms with van der Waals surface area (Å²) in [5.74, 6) is 2.27. The van der Waals surface area contributed by atoms with Crippen molar-refractivity contribution >= 4 is 0 Å². The summed E-state index contributed by atoms with van der Waals surface area (Å²) < 4.78 is 11.3. The van der Waals surface area contributed by atoms with Gasteiger partial charge in [-0.3, -0.25) is 0 Å². The molecule has 1 atom stereocenters. The molecule has 2 rings (SSSR count). The van der Waals surface area contributed by atoms with Crippen molar-refractivity contribution in [2.24, 2.45) is 5.92 Å². The average Bonchev–Trinajstić information content (AvgIpc) is 2.46. The molecule has 1 aliphatic heterocycles. The summed E-state index contributed by atoms with van der Waals surface area (Å²) in [6.07, 6.45) is 2.19. The number of ether oxygens (including phenoxy) is 2. The third-order valence-electron chi connectivity index (χ3n) is 3.57. The van der Waals surface area contributed by atoms with Crippen molar-refractivity contribution < 1.29 is 9.47 Å². The Morgan fingerprint density at radius 1 is 1.35 bits per heavy atom. The van der Waals surface area contributed by atoms with E-state index in [1.165, 1.54) is 5.56 Å². The zero-order valence-corrected chi connectivity index (χ0v) is 12.7. The van der Waals surface area contributed by atoms with Crippen molar-refractivity contribution in [2.75, 3.05) is 32.9 Å². The quantitative estimate of drug-likeness (QED) is 0.740. The van der Waals surface area contributed by atoms with Crippen LogP contribution < -0.4 is 10.1 Å². The van der Waals surface area contributed by atoms with E-state index >= 15 is 0 Å². The highest BCUT2D eigenvalue weighted by atomic mass is 16.5. The topological polar surface area (TPSA) is 30.5 Å². The fourth-order valence-corrected chi connectivity index (χ4v) is 2.52. The number of hydrogen-bond donors (Lipinski definition) is 1. The van der Waals surface area contributed by atoms with Gasteiger partial charge in [-0.15, -0.1) is 0 Å². The Kier molecular flexibility index (Phi) is 6.34. The summed E-state index contributed by atoms with van der Waals surface area (Å²) >= 11 is 0. The van der Waals surface area contributed by atoms with Crippen LogP contribution in [0.4, 0.5) is 0 Å². The third-order valence-corrected chi connectivity index (χ3v) is 3.57. The first-order chi connectivity index (χ1) is 9.77. The summed E-state index contributed by atoms with van der Waals surface area (Å²) in [6, 6.07) is 8.40. The Morgan fingerprint density at radius 3 is 3.05 bits per heavy atom. The van der Waals surface area contributed by atoms with Crippen LogP contribution in [-0.2, 0) is 4.74 Å². The lowest BCUT2D eigenvalue weighted by Crippen LogP contribution is -2.27. The normalized spacial score (nSPS) is 17.9. The molecule has 3 nitrogen and oxygen atoms in total. The van der Waals surface area contributed by atoms with E-state index < -0.39 is 0 Å². The molecule has 1 aliphatic rings. The lowest BCUT2D eigenvalue weighted by atomic mass is 9.93. The molecule has 1 unspecified atom stereocenters. The molecule has 112 valence electrons. The summed E-state index contributed by atoms with van der Waals surface area (Å²) in [7, 11) is 0. The predicted molar refractivity (Wildman–Crippen MR) is 82.4 cm³/mol. The molecule has 1 aromatic carbocycles. The van der Waals surface area contributed by atoms with Gasteiger partial charge in [0.05, 0.1) is 6.61 Å². The van der Waals surface area contributed by atoms with E-state index in [9.17, 15) is 0 Å². The highest BCUT2D eigenvalue weighted by Crippen LogP contribution is 2.32. The van der Waals surface area contributed by atoms with Crippen molar-refractivity contribution in [2.45, 2.75) is 32.6 Å². The number of nitrogens with one attached hydrogen (secondary N) is 1. The van der Waals surface area contributed by atoms with E-state index in [0.717, 1.165) is 51.5 Å². The Morgan fingerprint density at radius 2 is 2.20 bits per heavy atom. The van der Waals surface area contributed by atoms with Gasteiger partial charge in [-0.1, -0.05) is 32.0 Å². The van der Waals surface area contributed by atoms with Crippen LogP contribution in [0, 0.1) is 5.92 Å². The molecule has 0 saturated carbocycles. The van der Waals surface area contributed by atoms with Crippen LogP contribution in [0.2, 0.25) is 0 Å². The number of hydrogen-bond acceptors (Lipinski definition) is 3. The van der Waals surface area contributed by atoms with Crippen LogP contribution >= 0.6 is 0 Å². The molecule has 0 amide bonds. The van der Waals surface area contributed by atoms with Gasteiger partial charge in [-0.05, 0) is 36.9 Å². The lowest BCUT2D eigenvalue weighted by molar-refractivity contribution is 0.108. The maximum atomic E-state index is 5.69. The van der Waals surface area contributed by atoms with Crippen LogP contribution in [0.5, 0.6) is 5.75 Å². The van der Waals surface area contributed by atoms with E-state index in [1.54, 1.807) is 0 Å². The Labute approximate surface area is 122 Å². The molecule has 1 aromatic rings.